The molecular weight excluding hydrogens is 338 g/mol. The number of benzene rings is 1. The lowest BCUT2D eigenvalue weighted by Crippen LogP contribution is -2.52. The molecule has 2 aliphatic rings. The van der Waals surface area contributed by atoms with E-state index in [0.717, 1.165) is 17.9 Å². The molecule has 0 unspecified atom stereocenters. The molecule has 2 fully saturated rings. The fourth-order valence-electron chi connectivity index (χ4n) is 4.46. The molecule has 1 saturated carbocycles. The minimum absolute atomic E-state index is 0.269. The molecule has 27 heavy (non-hydrogen) atoms. The quantitative estimate of drug-likeness (QED) is 0.863. The van der Waals surface area contributed by atoms with Crippen LogP contribution in [0.15, 0.2) is 12.1 Å². The van der Waals surface area contributed by atoms with E-state index in [1.165, 1.54) is 36.8 Å². The second-order valence-electron chi connectivity index (χ2n) is 9.64. The first-order valence-corrected chi connectivity index (χ1v) is 10.4. The average Bonchev–Trinajstić information content (AvgIpc) is 2.79. The normalized spacial score (nSPS) is 27.3. The van der Waals surface area contributed by atoms with Crippen molar-refractivity contribution in [2.45, 2.75) is 71.9 Å². The van der Waals surface area contributed by atoms with Gasteiger partial charge in [-0.3, -0.25) is 4.90 Å². The standard InChI is InChI=1S/C23H37NO3/c1-17-12-18(2)19(3)21(13-17)27-16-23(25)14-24(10-11-26-15-23)20-6-8-22(4,5)9-7-20/h12-13,20,25H,6-11,14-16H2,1-5H3/t23-/m1/s1. The number of rotatable bonds is 4. The molecule has 1 N–H and O–H groups in total. The molecule has 4 heteroatoms. The summed E-state index contributed by atoms with van der Waals surface area (Å²) >= 11 is 0. The Hall–Kier alpha value is -1.10. The smallest absolute Gasteiger partial charge is 0.134 e. The van der Waals surface area contributed by atoms with Crippen LogP contribution in [0.4, 0.5) is 0 Å². The third-order valence-electron chi connectivity index (χ3n) is 6.48. The van der Waals surface area contributed by atoms with Crippen molar-refractivity contribution in [2.75, 3.05) is 32.9 Å². The van der Waals surface area contributed by atoms with Crippen molar-refractivity contribution in [3.63, 3.8) is 0 Å². The first-order chi connectivity index (χ1) is 12.7. The van der Waals surface area contributed by atoms with Crippen LogP contribution in [0.2, 0.25) is 0 Å². The molecule has 1 saturated heterocycles. The van der Waals surface area contributed by atoms with Gasteiger partial charge < -0.3 is 14.6 Å². The Balaban J connectivity index is 1.65. The van der Waals surface area contributed by atoms with Crippen LogP contribution in [-0.4, -0.2) is 54.6 Å². The Morgan fingerprint density at radius 3 is 2.59 bits per heavy atom. The zero-order chi connectivity index (χ0) is 19.7. The maximum absolute atomic E-state index is 11.3. The number of hydrogen-bond acceptors (Lipinski definition) is 4. The summed E-state index contributed by atoms with van der Waals surface area (Å²) in [4.78, 5) is 2.44. The van der Waals surface area contributed by atoms with Gasteiger partial charge in [0.1, 0.15) is 18.0 Å². The summed E-state index contributed by atoms with van der Waals surface area (Å²) in [6.45, 7) is 13.8. The van der Waals surface area contributed by atoms with Crippen molar-refractivity contribution < 1.29 is 14.6 Å². The van der Waals surface area contributed by atoms with Gasteiger partial charge in [-0.2, -0.15) is 0 Å². The van der Waals surface area contributed by atoms with Crippen LogP contribution in [0.5, 0.6) is 5.75 Å². The van der Waals surface area contributed by atoms with Crippen molar-refractivity contribution in [3.05, 3.63) is 28.8 Å². The predicted octanol–water partition coefficient (Wildman–Crippen LogP) is 4.02. The Morgan fingerprint density at radius 2 is 1.89 bits per heavy atom. The monoisotopic (exact) mass is 375 g/mol. The molecule has 1 atom stereocenters. The maximum atomic E-state index is 11.3. The van der Waals surface area contributed by atoms with E-state index in [4.69, 9.17) is 9.47 Å². The lowest BCUT2D eigenvalue weighted by Gasteiger charge is -2.41. The summed E-state index contributed by atoms with van der Waals surface area (Å²) < 4.78 is 11.9. The van der Waals surface area contributed by atoms with Gasteiger partial charge in [-0.05, 0) is 74.6 Å². The Morgan fingerprint density at radius 1 is 1.19 bits per heavy atom. The molecule has 0 amide bonds. The molecule has 3 rings (SSSR count). The fourth-order valence-corrected chi connectivity index (χ4v) is 4.46. The highest BCUT2D eigenvalue weighted by Crippen LogP contribution is 2.37. The number of nitrogens with zero attached hydrogens (tertiary/aromatic N) is 1. The van der Waals surface area contributed by atoms with Crippen LogP contribution in [0.25, 0.3) is 0 Å². The van der Waals surface area contributed by atoms with E-state index in [1.807, 2.05) is 0 Å². The molecule has 0 radical (unpaired) electrons. The minimum Gasteiger partial charge on any atom is -0.490 e. The van der Waals surface area contributed by atoms with Crippen LogP contribution < -0.4 is 4.74 Å². The van der Waals surface area contributed by atoms with Crippen molar-refractivity contribution in [2.24, 2.45) is 5.41 Å². The van der Waals surface area contributed by atoms with Crippen LogP contribution in [0.3, 0.4) is 0 Å². The second kappa shape index (κ2) is 8.10. The van der Waals surface area contributed by atoms with Gasteiger partial charge in [0.15, 0.2) is 0 Å². The number of ether oxygens (including phenoxy) is 2. The van der Waals surface area contributed by atoms with E-state index in [9.17, 15) is 5.11 Å². The summed E-state index contributed by atoms with van der Waals surface area (Å²) in [6.07, 6.45) is 4.93. The van der Waals surface area contributed by atoms with Gasteiger partial charge in [-0.1, -0.05) is 19.9 Å². The molecule has 0 spiro atoms. The van der Waals surface area contributed by atoms with Crippen LogP contribution in [-0.2, 0) is 4.74 Å². The summed E-state index contributed by atoms with van der Waals surface area (Å²) in [5.74, 6) is 0.871. The average molecular weight is 376 g/mol. The van der Waals surface area contributed by atoms with Gasteiger partial charge in [0.2, 0.25) is 0 Å². The topological polar surface area (TPSA) is 41.9 Å². The molecule has 1 aromatic carbocycles. The van der Waals surface area contributed by atoms with Gasteiger partial charge in [0.25, 0.3) is 0 Å². The Labute approximate surface area is 164 Å². The molecule has 1 heterocycles. The van der Waals surface area contributed by atoms with Crippen molar-refractivity contribution in [1.82, 2.24) is 4.90 Å². The van der Waals surface area contributed by atoms with Crippen molar-refractivity contribution in [1.29, 1.82) is 0 Å². The first kappa shape index (κ1) is 20.6. The molecule has 4 nitrogen and oxygen atoms in total. The van der Waals surface area contributed by atoms with E-state index < -0.39 is 5.60 Å². The van der Waals surface area contributed by atoms with Crippen molar-refractivity contribution >= 4 is 0 Å². The zero-order valence-electron chi connectivity index (χ0n) is 17.8. The van der Waals surface area contributed by atoms with Crippen LogP contribution in [0, 0.1) is 26.2 Å². The highest BCUT2D eigenvalue weighted by atomic mass is 16.5. The van der Waals surface area contributed by atoms with Crippen LogP contribution >= 0.6 is 0 Å². The van der Waals surface area contributed by atoms with E-state index in [1.54, 1.807) is 0 Å². The molecular formula is C23H37NO3. The highest BCUT2D eigenvalue weighted by molar-refractivity contribution is 5.42. The molecule has 152 valence electrons. The fraction of sp³-hybridized carbons (Fsp3) is 0.739. The second-order valence-corrected chi connectivity index (χ2v) is 9.64. The molecule has 0 aromatic heterocycles. The minimum atomic E-state index is -0.965. The van der Waals surface area contributed by atoms with Crippen molar-refractivity contribution in [3.8, 4) is 5.75 Å². The number of hydrogen-bond donors (Lipinski definition) is 1. The van der Waals surface area contributed by atoms with E-state index in [2.05, 4.69) is 51.7 Å². The summed E-state index contributed by atoms with van der Waals surface area (Å²) in [5.41, 5.74) is 3.04. The summed E-state index contributed by atoms with van der Waals surface area (Å²) in [7, 11) is 0. The first-order valence-electron chi connectivity index (χ1n) is 10.4. The van der Waals surface area contributed by atoms with Gasteiger partial charge in [0, 0.05) is 19.1 Å². The zero-order valence-corrected chi connectivity index (χ0v) is 17.8. The van der Waals surface area contributed by atoms with Crippen LogP contribution in [0.1, 0.15) is 56.2 Å². The Kier molecular flexibility index (Phi) is 6.19. The predicted molar refractivity (Wildman–Crippen MR) is 110 cm³/mol. The van der Waals surface area contributed by atoms with E-state index in [0.29, 0.717) is 31.2 Å². The van der Waals surface area contributed by atoms with Gasteiger partial charge in [-0.15, -0.1) is 0 Å². The van der Waals surface area contributed by atoms with E-state index in [-0.39, 0.29) is 6.61 Å². The number of aryl methyl sites for hydroxylation is 2. The van der Waals surface area contributed by atoms with E-state index >= 15 is 0 Å². The molecule has 1 aromatic rings. The summed E-state index contributed by atoms with van der Waals surface area (Å²) in [5, 5.41) is 11.3. The number of β-amino-alcohol motifs (C(OH)–C–C–N with tert-alkyl or cyclic N) is 1. The molecule has 0 bridgehead atoms. The third-order valence-corrected chi connectivity index (χ3v) is 6.48. The van der Waals surface area contributed by atoms with Gasteiger partial charge in [0.05, 0.1) is 13.2 Å². The lowest BCUT2D eigenvalue weighted by molar-refractivity contribution is -0.0692. The largest absolute Gasteiger partial charge is 0.490 e. The number of aliphatic hydroxyl groups is 1. The lowest BCUT2D eigenvalue weighted by atomic mass is 9.75. The van der Waals surface area contributed by atoms with Gasteiger partial charge in [-0.25, -0.2) is 0 Å². The molecule has 1 aliphatic heterocycles. The maximum Gasteiger partial charge on any atom is 0.134 e. The highest BCUT2D eigenvalue weighted by Gasteiger charge is 2.38. The molecule has 1 aliphatic carbocycles. The SMILES string of the molecule is Cc1cc(C)c(C)c(OC[C@]2(O)COCCN(C3CCC(C)(C)CC3)C2)c1. The Bertz CT molecular complexity index is 647. The van der Waals surface area contributed by atoms with Gasteiger partial charge >= 0.3 is 0 Å². The third kappa shape index (κ3) is 5.24. The summed E-state index contributed by atoms with van der Waals surface area (Å²) in [6, 6.07) is 4.77.